The molecule has 0 radical (unpaired) electrons. The number of hydrogen-bond donors (Lipinski definition) is 1. The molecule has 0 bridgehead atoms. The standard InChI is InChI=1S/C10H13N5S/c1-15-9(6-11)13-14-10(15)16-7-8-4-2-3-5-12-8/h2-5H,6-7,11H2,1H3. The highest BCUT2D eigenvalue weighted by molar-refractivity contribution is 7.98. The summed E-state index contributed by atoms with van der Waals surface area (Å²) >= 11 is 1.61. The van der Waals surface area contributed by atoms with Crippen LogP contribution in [0.5, 0.6) is 0 Å². The van der Waals surface area contributed by atoms with Crippen LogP contribution in [0.3, 0.4) is 0 Å². The SMILES string of the molecule is Cn1c(CN)nnc1SCc1ccccn1. The topological polar surface area (TPSA) is 69.6 Å². The Balaban J connectivity index is 2.02. The molecule has 0 amide bonds. The molecule has 2 aromatic rings. The molecule has 0 saturated carbocycles. The summed E-state index contributed by atoms with van der Waals surface area (Å²) in [6, 6.07) is 5.88. The molecule has 84 valence electrons. The van der Waals surface area contributed by atoms with E-state index in [4.69, 9.17) is 5.73 Å². The van der Waals surface area contributed by atoms with E-state index in [2.05, 4.69) is 15.2 Å². The molecule has 0 spiro atoms. The average Bonchev–Trinajstić information content (AvgIpc) is 2.69. The Morgan fingerprint density at radius 2 is 2.25 bits per heavy atom. The van der Waals surface area contributed by atoms with Crippen LogP contribution >= 0.6 is 11.8 Å². The molecule has 6 heteroatoms. The molecule has 0 atom stereocenters. The third kappa shape index (κ3) is 2.40. The predicted octanol–water partition coefficient (Wildman–Crippen LogP) is 0.961. The molecule has 2 N–H and O–H groups in total. The molecule has 0 aliphatic rings. The zero-order valence-electron chi connectivity index (χ0n) is 9.00. The van der Waals surface area contributed by atoms with Crippen molar-refractivity contribution in [2.75, 3.05) is 0 Å². The number of nitrogens with two attached hydrogens (primary N) is 1. The smallest absolute Gasteiger partial charge is 0.191 e. The molecule has 16 heavy (non-hydrogen) atoms. The van der Waals surface area contributed by atoms with Gasteiger partial charge in [-0.25, -0.2) is 0 Å². The fraction of sp³-hybridized carbons (Fsp3) is 0.300. The zero-order valence-corrected chi connectivity index (χ0v) is 9.81. The summed E-state index contributed by atoms with van der Waals surface area (Å²) in [5.74, 6) is 1.58. The van der Waals surface area contributed by atoms with Crippen molar-refractivity contribution in [1.29, 1.82) is 0 Å². The van der Waals surface area contributed by atoms with Crippen LogP contribution in [0.2, 0.25) is 0 Å². The van der Waals surface area contributed by atoms with Crippen LogP contribution in [0.25, 0.3) is 0 Å². The number of pyridine rings is 1. The molecule has 0 unspecified atom stereocenters. The number of nitrogens with zero attached hydrogens (tertiary/aromatic N) is 4. The summed E-state index contributed by atoms with van der Waals surface area (Å²) in [6.45, 7) is 0.410. The van der Waals surface area contributed by atoms with Crippen molar-refractivity contribution in [2.24, 2.45) is 12.8 Å². The van der Waals surface area contributed by atoms with Crippen molar-refractivity contribution in [3.63, 3.8) is 0 Å². The van der Waals surface area contributed by atoms with Gasteiger partial charge in [0.2, 0.25) is 0 Å². The second-order valence-electron chi connectivity index (χ2n) is 3.27. The Morgan fingerprint density at radius 3 is 2.88 bits per heavy atom. The highest BCUT2D eigenvalue weighted by Crippen LogP contribution is 2.19. The van der Waals surface area contributed by atoms with Crippen LogP contribution in [0.15, 0.2) is 29.6 Å². The van der Waals surface area contributed by atoms with E-state index in [0.29, 0.717) is 6.54 Å². The first kappa shape index (κ1) is 11.1. The van der Waals surface area contributed by atoms with Gasteiger partial charge in [0.15, 0.2) is 5.16 Å². The number of thioether (sulfide) groups is 1. The van der Waals surface area contributed by atoms with E-state index in [1.165, 1.54) is 0 Å². The first-order valence-corrected chi connectivity index (χ1v) is 5.91. The first-order valence-electron chi connectivity index (χ1n) is 4.92. The maximum Gasteiger partial charge on any atom is 0.191 e. The van der Waals surface area contributed by atoms with Crippen molar-refractivity contribution in [2.45, 2.75) is 17.5 Å². The minimum absolute atomic E-state index is 0.410. The highest BCUT2D eigenvalue weighted by atomic mass is 32.2. The van der Waals surface area contributed by atoms with Gasteiger partial charge in [-0.05, 0) is 12.1 Å². The van der Waals surface area contributed by atoms with Gasteiger partial charge in [0.05, 0.1) is 12.2 Å². The third-order valence-electron chi connectivity index (χ3n) is 2.18. The summed E-state index contributed by atoms with van der Waals surface area (Å²) < 4.78 is 1.91. The van der Waals surface area contributed by atoms with Gasteiger partial charge in [0.1, 0.15) is 5.82 Å². The van der Waals surface area contributed by atoms with E-state index in [-0.39, 0.29) is 0 Å². The molecule has 0 fully saturated rings. The lowest BCUT2D eigenvalue weighted by Gasteiger charge is -2.01. The summed E-state index contributed by atoms with van der Waals surface area (Å²) in [5, 5.41) is 8.93. The maximum atomic E-state index is 5.53. The summed E-state index contributed by atoms with van der Waals surface area (Å²) in [7, 11) is 1.92. The van der Waals surface area contributed by atoms with Crippen molar-refractivity contribution in [3.05, 3.63) is 35.9 Å². The predicted molar refractivity (Wildman–Crippen MR) is 62.7 cm³/mol. The van der Waals surface area contributed by atoms with Gasteiger partial charge in [-0.2, -0.15) is 0 Å². The number of aromatic nitrogens is 4. The van der Waals surface area contributed by atoms with Crippen LogP contribution in [0.1, 0.15) is 11.5 Å². The summed E-state index contributed by atoms with van der Waals surface area (Å²) in [6.07, 6.45) is 1.79. The molecule has 0 saturated heterocycles. The third-order valence-corrected chi connectivity index (χ3v) is 3.24. The maximum absolute atomic E-state index is 5.53. The van der Waals surface area contributed by atoms with Gasteiger partial charge < -0.3 is 10.3 Å². The van der Waals surface area contributed by atoms with Crippen LogP contribution in [-0.4, -0.2) is 19.7 Å². The van der Waals surface area contributed by atoms with Gasteiger partial charge in [0.25, 0.3) is 0 Å². The van der Waals surface area contributed by atoms with Crippen LogP contribution < -0.4 is 5.73 Å². The van der Waals surface area contributed by atoms with Gasteiger partial charge in [0, 0.05) is 19.0 Å². The van der Waals surface area contributed by atoms with E-state index in [9.17, 15) is 0 Å². The molecule has 5 nitrogen and oxygen atoms in total. The van der Waals surface area contributed by atoms with Crippen molar-refractivity contribution in [3.8, 4) is 0 Å². The lowest BCUT2D eigenvalue weighted by molar-refractivity contribution is 0.734. The molecule has 0 aromatic carbocycles. The van der Waals surface area contributed by atoms with Gasteiger partial charge in [-0.1, -0.05) is 17.8 Å². The van der Waals surface area contributed by atoms with E-state index in [1.54, 1.807) is 18.0 Å². The summed E-state index contributed by atoms with van der Waals surface area (Å²) in [5.41, 5.74) is 6.56. The largest absolute Gasteiger partial charge is 0.324 e. The fourth-order valence-electron chi connectivity index (χ4n) is 1.27. The second-order valence-corrected chi connectivity index (χ2v) is 4.21. The average molecular weight is 235 g/mol. The number of hydrogen-bond acceptors (Lipinski definition) is 5. The lowest BCUT2D eigenvalue weighted by atomic mass is 10.4. The molecule has 0 aliphatic heterocycles. The molecular weight excluding hydrogens is 222 g/mol. The Hall–Kier alpha value is -1.40. The van der Waals surface area contributed by atoms with Gasteiger partial charge in [-0.15, -0.1) is 10.2 Å². The Morgan fingerprint density at radius 1 is 1.38 bits per heavy atom. The van der Waals surface area contributed by atoms with Crippen molar-refractivity contribution < 1.29 is 0 Å². The Labute approximate surface area is 98.1 Å². The van der Waals surface area contributed by atoms with Crippen molar-refractivity contribution >= 4 is 11.8 Å². The van der Waals surface area contributed by atoms with E-state index in [0.717, 1.165) is 22.4 Å². The van der Waals surface area contributed by atoms with Crippen LogP contribution in [-0.2, 0) is 19.3 Å². The lowest BCUT2D eigenvalue weighted by Crippen LogP contribution is -2.05. The molecule has 2 rings (SSSR count). The van der Waals surface area contributed by atoms with Crippen molar-refractivity contribution in [1.82, 2.24) is 19.7 Å². The molecular formula is C10H13N5S. The van der Waals surface area contributed by atoms with E-state index < -0.39 is 0 Å². The molecule has 2 aromatic heterocycles. The first-order chi connectivity index (χ1) is 7.81. The highest BCUT2D eigenvalue weighted by Gasteiger charge is 2.07. The minimum atomic E-state index is 0.410. The van der Waals surface area contributed by atoms with E-state index in [1.807, 2.05) is 29.8 Å². The summed E-state index contributed by atoms with van der Waals surface area (Å²) in [4.78, 5) is 4.25. The van der Waals surface area contributed by atoms with Gasteiger partial charge >= 0.3 is 0 Å². The Kier molecular flexibility index (Phi) is 3.53. The van der Waals surface area contributed by atoms with Crippen LogP contribution in [0.4, 0.5) is 0 Å². The molecule has 0 aliphatic carbocycles. The Bertz CT molecular complexity index is 453. The quantitative estimate of drug-likeness (QED) is 0.799. The molecule has 2 heterocycles. The van der Waals surface area contributed by atoms with Crippen LogP contribution in [0, 0.1) is 0 Å². The minimum Gasteiger partial charge on any atom is -0.324 e. The van der Waals surface area contributed by atoms with Gasteiger partial charge in [-0.3, -0.25) is 4.98 Å². The fourth-order valence-corrected chi connectivity index (χ4v) is 2.12. The zero-order chi connectivity index (χ0) is 11.4. The number of rotatable bonds is 4. The monoisotopic (exact) mass is 235 g/mol. The normalized spacial score (nSPS) is 10.6. The second kappa shape index (κ2) is 5.09. The van der Waals surface area contributed by atoms with E-state index >= 15 is 0 Å².